The summed E-state index contributed by atoms with van der Waals surface area (Å²) in [6.45, 7) is 1.82. The van der Waals surface area contributed by atoms with Crippen molar-refractivity contribution in [3.8, 4) is 0 Å². The Morgan fingerprint density at radius 1 is 1.37 bits per heavy atom. The minimum absolute atomic E-state index is 0.117. The molecule has 0 fully saturated rings. The number of H-pyrrole nitrogens is 1. The molecule has 94 valence electrons. The van der Waals surface area contributed by atoms with Gasteiger partial charge in [-0.2, -0.15) is 0 Å². The van der Waals surface area contributed by atoms with Crippen molar-refractivity contribution in [1.82, 2.24) is 9.97 Å². The molecule has 6 heteroatoms. The number of benzene rings is 1. The van der Waals surface area contributed by atoms with E-state index in [0.717, 1.165) is 16.8 Å². The first-order valence-corrected chi connectivity index (χ1v) is 5.71. The number of rotatable bonds is 1. The summed E-state index contributed by atoms with van der Waals surface area (Å²) in [5.41, 5.74) is 3.47. The molecular weight excluding hydrogens is 244 g/mol. The van der Waals surface area contributed by atoms with Crippen molar-refractivity contribution in [3.63, 3.8) is 0 Å². The van der Waals surface area contributed by atoms with E-state index in [9.17, 15) is 10.1 Å². The highest BCUT2D eigenvalue weighted by Crippen LogP contribution is 2.38. The average molecular weight is 254 g/mol. The summed E-state index contributed by atoms with van der Waals surface area (Å²) >= 11 is 0. The highest BCUT2D eigenvalue weighted by molar-refractivity contribution is 6.30. The van der Waals surface area contributed by atoms with Gasteiger partial charge in [0.05, 0.1) is 23.8 Å². The van der Waals surface area contributed by atoms with Crippen LogP contribution in [0.1, 0.15) is 18.2 Å². The third-order valence-corrected chi connectivity index (χ3v) is 3.07. The van der Waals surface area contributed by atoms with Crippen molar-refractivity contribution < 1.29 is 4.92 Å². The Bertz CT molecular complexity index is 714. The lowest BCUT2D eigenvalue weighted by Gasteiger charge is -2.04. The van der Waals surface area contributed by atoms with Crippen LogP contribution in [0, 0.1) is 10.1 Å². The second-order valence-corrected chi connectivity index (χ2v) is 4.17. The van der Waals surface area contributed by atoms with E-state index < -0.39 is 4.92 Å². The second kappa shape index (κ2) is 4.16. The summed E-state index contributed by atoms with van der Waals surface area (Å²) in [5, 5.41) is 11.2. The van der Waals surface area contributed by atoms with Gasteiger partial charge in [0.2, 0.25) is 0 Å². The van der Waals surface area contributed by atoms with Gasteiger partial charge in [0.25, 0.3) is 0 Å². The van der Waals surface area contributed by atoms with Crippen molar-refractivity contribution in [2.24, 2.45) is 4.99 Å². The van der Waals surface area contributed by atoms with Crippen molar-refractivity contribution in [1.29, 1.82) is 0 Å². The molecule has 0 spiro atoms. The Kier molecular flexibility index (Phi) is 2.49. The Labute approximate surface area is 108 Å². The Morgan fingerprint density at radius 3 is 2.84 bits per heavy atom. The Morgan fingerprint density at radius 2 is 2.16 bits per heavy atom. The minimum atomic E-state index is -0.449. The average Bonchev–Trinajstić information content (AvgIpc) is 3.05. The molecule has 19 heavy (non-hydrogen) atoms. The number of hydrogen-bond donors (Lipinski definition) is 1. The van der Waals surface area contributed by atoms with Crippen LogP contribution in [-0.4, -0.2) is 20.7 Å². The summed E-state index contributed by atoms with van der Waals surface area (Å²) < 4.78 is 0. The van der Waals surface area contributed by atoms with Crippen molar-refractivity contribution in [3.05, 3.63) is 58.2 Å². The van der Waals surface area contributed by atoms with Gasteiger partial charge in [-0.05, 0) is 34.5 Å². The molecule has 1 N–H and O–H groups in total. The van der Waals surface area contributed by atoms with Crippen LogP contribution in [0.2, 0.25) is 0 Å². The summed E-state index contributed by atoms with van der Waals surface area (Å²) in [7, 11) is 0. The van der Waals surface area contributed by atoms with Crippen molar-refractivity contribution >= 4 is 22.7 Å². The standard InChI is InChI=1S/C13H10N4O2/c1-8(11-6-14-7-15-11)12-9-4-2-3-5-10(9)16-13(12)17(18)19/h2-7H,1H3,(H,14,15). The van der Waals surface area contributed by atoms with Crippen molar-refractivity contribution in [2.45, 2.75) is 6.92 Å². The van der Waals surface area contributed by atoms with E-state index in [0.29, 0.717) is 11.3 Å². The van der Waals surface area contributed by atoms with Crippen LogP contribution in [0.4, 0.5) is 5.69 Å². The van der Waals surface area contributed by atoms with Crippen LogP contribution >= 0.6 is 0 Å². The highest BCUT2D eigenvalue weighted by atomic mass is 16.6. The minimum Gasteiger partial charge on any atom is -0.358 e. The molecule has 0 atom stereocenters. The normalized spacial score (nSPS) is 15.9. The molecule has 0 saturated heterocycles. The predicted octanol–water partition coefficient (Wildman–Crippen LogP) is 2.66. The Balaban J connectivity index is 2.26. The topological polar surface area (TPSA) is 84.2 Å². The molecule has 1 aromatic heterocycles. The fraction of sp³-hybridized carbons (Fsp3) is 0.0769. The fourth-order valence-electron chi connectivity index (χ4n) is 2.17. The molecule has 0 bridgehead atoms. The molecule has 0 saturated carbocycles. The molecule has 3 rings (SSSR count). The number of aliphatic imine (C=N–C) groups is 1. The quantitative estimate of drug-likeness (QED) is 0.627. The number of imidazole rings is 1. The Hall–Kier alpha value is -2.76. The van der Waals surface area contributed by atoms with Crippen LogP contribution < -0.4 is 0 Å². The fourth-order valence-corrected chi connectivity index (χ4v) is 2.17. The molecule has 1 aliphatic heterocycles. The van der Waals surface area contributed by atoms with Gasteiger partial charge in [-0.3, -0.25) is 0 Å². The van der Waals surface area contributed by atoms with Gasteiger partial charge in [0, 0.05) is 5.56 Å². The molecule has 6 nitrogen and oxygen atoms in total. The van der Waals surface area contributed by atoms with Crippen LogP contribution in [0.3, 0.4) is 0 Å². The molecule has 2 heterocycles. The third kappa shape index (κ3) is 1.74. The first-order valence-electron chi connectivity index (χ1n) is 5.71. The van der Waals surface area contributed by atoms with E-state index in [-0.39, 0.29) is 5.84 Å². The molecule has 0 unspecified atom stereocenters. The SMILES string of the molecule is CC(=C1C([N+](=O)[O-])=Nc2ccccc21)c1cnc[nH]1. The van der Waals surface area contributed by atoms with Crippen LogP contribution in [0.5, 0.6) is 0 Å². The monoisotopic (exact) mass is 254 g/mol. The van der Waals surface area contributed by atoms with Gasteiger partial charge >= 0.3 is 5.84 Å². The van der Waals surface area contributed by atoms with E-state index in [2.05, 4.69) is 15.0 Å². The molecule has 1 aromatic carbocycles. The number of allylic oxidation sites excluding steroid dienone is 1. The molecule has 0 radical (unpaired) electrons. The number of fused-ring (bicyclic) bond motifs is 1. The van der Waals surface area contributed by atoms with Gasteiger partial charge in [0.1, 0.15) is 0 Å². The van der Waals surface area contributed by atoms with E-state index in [1.165, 1.54) is 0 Å². The zero-order valence-corrected chi connectivity index (χ0v) is 10.1. The lowest BCUT2D eigenvalue weighted by atomic mass is 9.99. The van der Waals surface area contributed by atoms with Crippen molar-refractivity contribution in [2.75, 3.05) is 0 Å². The molecule has 2 aromatic rings. The summed E-state index contributed by atoms with van der Waals surface area (Å²) in [6, 6.07) is 7.27. The molecule has 0 aliphatic carbocycles. The number of nitro groups is 1. The van der Waals surface area contributed by atoms with Gasteiger partial charge in [-0.25, -0.2) is 4.98 Å². The maximum atomic E-state index is 11.2. The first kappa shape index (κ1) is 11.3. The third-order valence-electron chi connectivity index (χ3n) is 3.07. The van der Waals surface area contributed by atoms with Crippen LogP contribution in [0.25, 0.3) is 11.1 Å². The molecule has 1 aliphatic rings. The number of amidine groups is 1. The van der Waals surface area contributed by atoms with Gasteiger partial charge in [0.15, 0.2) is 5.69 Å². The number of hydrogen-bond acceptors (Lipinski definition) is 4. The number of aromatic nitrogens is 2. The zero-order chi connectivity index (χ0) is 13.4. The van der Waals surface area contributed by atoms with Gasteiger partial charge < -0.3 is 15.1 Å². The van der Waals surface area contributed by atoms with E-state index >= 15 is 0 Å². The van der Waals surface area contributed by atoms with Crippen LogP contribution in [0.15, 0.2) is 41.8 Å². The lowest BCUT2D eigenvalue weighted by Crippen LogP contribution is -2.11. The van der Waals surface area contributed by atoms with Gasteiger partial charge in [-0.15, -0.1) is 0 Å². The number of aromatic amines is 1. The van der Waals surface area contributed by atoms with Gasteiger partial charge in [-0.1, -0.05) is 12.1 Å². The zero-order valence-electron chi connectivity index (χ0n) is 10.1. The summed E-state index contributed by atoms with van der Waals surface area (Å²) in [6.07, 6.45) is 3.18. The summed E-state index contributed by atoms with van der Waals surface area (Å²) in [4.78, 5) is 21.7. The number of para-hydroxylation sites is 1. The number of nitrogens with one attached hydrogen (secondary N) is 1. The molecule has 0 amide bonds. The second-order valence-electron chi connectivity index (χ2n) is 4.17. The maximum Gasteiger partial charge on any atom is 0.372 e. The smallest absolute Gasteiger partial charge is 0.358 e. The predicted molar refractivity (Wildman–Crippen MR) is 71.6 cm³/mol. The highest BCUT2D eigenvalue weighted by Gasteiger charge is 2.33. The lowest BCUT2D eigenvalue weighted by molar-refractivity contribution is -0.346. The molecular formula is C13H10N4O2. The van der Waals surface area contributed by atoms with E-state index in [1.54, 1.807) is 18.6 Å². The first-order chi connectivity index (χ1) is 9.18. The van der Waals surface area contributed by atoms with E-state index in [1.807, 2.05) is 25.1 Å². The largest absolute Gasteiger partial charge is 0.372 e. The van der Waals surface area contributed by atoms with E-state index in [4.69, 9.17) is 0 Å². The number of nitrogens with zero attached hydrogens (tertiary/aromatic N) is 3. The summed E-state index contributed by atoms with van der Waals surface area (Å²) in [5.74, 6) is -0.117. The maximum absolute atomic E-state index is 11.2. The van der Waals surface area contributed by atoms with Crippen LogP contribution in [-0.2, 0) is 0 Å².